The van der Waals surface area contributed by atoms with Gasteiger partial charge in [0.05, 0.1) is 23.3 Å². The van der Waals surface area contributed by atoms with Gasteiger partial charge in [-0.2, -0.15) is 5.10 Å². The van der Waals surface area contributed by atoms with Crippen LogP contribution in [-0.2, 0) is 4.74 Å². The molecule has 0 spiro atoms. The van der Waals surface area contributed by atoms with Crippen LogP contribution in [0.3, 0.4) is 0 Å². The Morgan fingerprint density at radius 2 is 2.21 bits per heavy atom. The molecule has 0 aromatic carbocycles. The van der Waals surface area contributed by atoms with E-state index >= 15 is 0 Å². The van der Waals surface area contributed by atoms with E-state index in [1.54, 1.807) is 13.0 Å². The SMILES string of the molecule is CCOC(=O)c1cc(Br)nc2c1c(C)nn2C(C)C. The number of pyridine rings is 1. The van der Waals surface area contributed by atoms with Crippen molar-refractivity contribution in [2.45, 2.75) is 33.7 Å². The molecule has 102 valence electrons. The number of carbonyl (C=O) groups excluding carboxylic acids is 1. The molecule has 0 bridgehead atoms. The van der Waals surface area contributed by atoms with Gasteiger partial charge in [-0.3, -0.25) is 0 Å². The van der Waals surface area contributed by atoms with Crippen molar-refractivity contribution in [3.8, 4) is 0 Å². The fourth-order valence-corrected chi connectivity index (χ4v) is 2.41. The molecule has 0 N–H and O–H groups in total. The van der Waals surface area contributed by atoms with E-state index < -0.39 is 0 Å². The second-order valence-corrected chi connectivity index (χ2v) is 5.35. The molecule has 0 aliphatic carbocycles. The number of aryl methyl sites for hydroxylation is 1. The Hall–Kier alpha value is -1.43. The highest BCUT2D eigenvalue weighted by atomic mass is 79.9. The van der Waals surface area contributed by atoms with Crippen molar-refractivity contribution in [3.05, 3.63) is 21.9 Å². The van der Waals surface area contributed by atoms with Crippen molar-refractivity contribution in [1.29, 1.82) is 0 Å². The summed E-state index contributed by atoms with van der Waals surface area (Å²) >= 11 is 3.34. The minimum absolute atomic E-state index is 0.174. The molecule has 19 heavy (non-hydrogen) atoms. The first-order valence-corrected chi connectivity index (χ1v) is 6.97. The summed E-state index contributed by atoms with van der Waals surface area (Å²) in [6.45, 7) is 8.06. The molecular formula is C13H16BrN3O2. The van der Waals surface area contributed by atoms with Crippen LogP contribution in [0.2, 0.25) is 0 Å². The van der Waals surface area contributed by atoms with Crippen molar-refractivity contribution in [2.24, 2.45) is 0 Å². The predicted octanol–water partition coefficient (Wildman–Crippen LogP) is 3.26. The van der Waals surface area contributed by atoms with Gasteiger partial charge in [-0.25, -0.2) is 14.5 Å². The van der Waals surface area contributed by atoms with Crippen LogP contribution in [0.5, 0.6) is 0 Å². The summed E-state index contributed by atoms with van der Waals surface area (Å²) in [5.74, 6) is -0.345. The first kappa shape index (κ1) is 14.0. The summed E-state index contributed by atoms with van der Waals surface area (Å²) in [7, 11) is 0. The quantitative estimate of drug-likeness (QED) is 0.642. The number of fused-ring (bicyclic) bond motifs is 1. The maximum absolute atomic E-state index is 12.0. The first-order valence-electron chi connectivity index (χ1n) is 6.18. The van der Waals surface area contributed by atoms with Gasteiger partial charge >= 0.3 is 5.97 Å². The van der Waals surface area contributed by atoms with E-state index in [2.05, 4.69) is 26.0 Å². The van der Waals surface area contributed by atoms with Gasteiger partial charge < -0.3 is 4.74 Å². The number of ether oxygens (including phenoxy) is 1. The van der Waals surface area contributed by atoms with Crippen LogP contribution >= 0.6 is 15.9 Å². The average Bonchev–Trinajstić information content (AvgIpc) is 2.66. The van der Waals surface area contributed by atoms with Gasteiger partial charge in [-0.15, -0.1) is 0 Å². The number of hydrogen-bond acceptors (Lipinski definition) is 4. The first-order chi connectivity index (χ1) is 8.95. The Morgan fingerprint density at radius 1 is 1.53 bits per heavy atom. The summed E-state index contributed by atoms with van der Waals surface area (Å²) in [5, 5.41) is 5.22. The maximum atomic E-state index is 12.0. The molecule has 0 saturated carbocycles. The molecule has 0 aliphatic rings. The third-order valence-electron chi connectivity index (χ3n) is 2.79. The van der Waals surface area contributed by atoms with Crippen LogP contribution in [0, 0.1) is 6.92 Å². The van der Waals surface area contributed by atoms with Crippen LogP contribution in [0.1, 0.15) is 42.9 Å². The van der Waals surface area contributed by atoms with E-state index in [4.69, 9.17) is 4.74 Å². The molecule has 6 heteroatoms. The number of rotatable bonds is 3. The highest BCUT2D eigenvalue weighted by Crippen LogP contribution is 2.26. The second-order valence-electron chi connectivity index (χ2n) is 4.54. The second kappa shape index (κ2) is 5.28. The molecule has 0 saturated heterocycles. The maximum Gasteiger partial charge on any atom is 0.339 e. The summed E-state index contributed by atoms with van der Waals surface area (Å²) in [6.07, 6.45) is 0. The van der Waals surface area contributed by atoms with E-state index in [0.29, 0.717) is 22.4 Å². The number of nitrogens with zero attached hydrogens (tertiary/aromatic N) is 3. The Kier molecular flexibility index (Phi) is 3.89. The van der Waals surface area contributed by atoms with E-state index in [9.17, 15) is 4.79 Å². The van der Waals surface area contributed by atoms with Gasteiger partial charge in [0, 0.05) is 6.04 Å². The Labute approximate surface area is 120 Å². The standard InChI is InChI=1S/C13H16BrN3O2/c1-5-19-13(18)9-6-10(14)15-12-11(9)8(4)16-17(12)7(2)3/h6-7H,5H2,1-4H3. The topological polar surface area (TPSA) is 57.0 Å². The fourth-order valence-electron chi connectivity index (χ4n) is 2.01. The number of halogens is 1. The minimum Gasteiger partial charge on any atom is -0.462 e. The minimum atomic E-state index is -0.345. The van der Waals surface area contributed by atoms with Crippen molar-refractivity contribution in [2.75, 3.05) is 6.61 Å². The number of aromatic nitrogens is 3. The lowest BCUT2D eigenvalue weighted by Gasteiger charge is -2.08. The zero-order valence-corrected chi connectivity index (χ0v) is 13.0. The summed E-state index contributed by atoms with van der Waals surface area (Å²) in [6, 6.07) is 1.85. The monoisotopic (exact) mass is 325 g/mol. The highest BCUT2D eigenvalue weighted by Gasteiger charge is 2.20. The van der Waals surface area contributed by atoms with E-state index in [1.165, 1.54) is 0 Å². The number of esters is 1. The zero-order chi connectivity index (χ0) is 14.2. The summed E-state index contributed by atoms with van der Waals surface area (Å²) in [5.41, 5.74) is 1.99. The van der Waals surface area contributed by atoms with Crippen LogP contribution in [-0.4, -0.2) is 27.3 Å². The molecule has 2 aromatic heterocycles. The molecule has 0 unspecified atom stereocenters. The van der Waals surface area contributed by atoms with Crippen LogP contribution in [0.25, 0.3) is 11.0 Å². The molecule has 0 atom stereocenters. The molecule has 0 aliphatic heterocycles. The van der Waals surface area contributed by atoms with Crippen LogP contribution in [0.15, 0.2) is 10.7 Å². The number of hydrogen-bond donors (Lipinski definition) is 0. The van der Waals surface area contributed by atoms with E-state index in [1.807, 2.05) is 25.5 Å². The molecule has 2 aromatic rings. The molecule has 0 amide bonds. The van der Waals surface area contributed by atoms with E-state index in [-0.39, 0.29) is 12.0 Å². The van der Waals surface area contributed by atoms with E-state index in [0.717, 1.165) is 11.1 Å². The van der Waals surface area contributed by atoms with Crippen molar-refractivity contribution >= 4 is 32.9 Å². The Morgan fingerprint density at radius 3 is 2.79 bits per heavy atom. The zero-order valence-electron chi connectivity index (χ0n) is 11.4. The molecule has 2 rings (SSSR count). The van der Waals surface area contributed by atoms with Crippen molar-refractivity contribution < 1.29 is 9.53 Å². The lowest BCUT2D eigenvalue weighted by atomic mass is 10.1. The van der Waals surface area contributed by atoms with Gasteiger partial charge in [0.1, 0.15) is 4.60 Å². The molecule has 2 heterocycles. The van der Waals surface area contributed by atoms with Gasteiger partial charge in [-0.1, -0.05) is 0 Å². The molecule has 5 nitrogen and oxygen atoms in total. The summed E-state index contributed by atoms with van der Waals surface area (Å²) < 4.78 is 7.51. The summed E-state index contributed by atoms with van der Waals surface area (Å²) in [4.78, 5) is 16.5. The molecule has 0 fully saturated rings. The third-order valence-corrected chi connectivity index (χ3v) is 3.20. The molecule has 0 radical (unpaired) electrons. The third kappa shape index (κ3) is 2.49. The van der Waals surface area contributed by atoms with Gasteiger partial charge in [-0.05, 0) is 49.7 Å². The predicted molar refractivity (Wildman–Crippen MR) is 76.3 cm³/mol. The van der Waals surface area contributed by atoms with Gasteiger partial charge in [0.15, 0.2) is 5.65 Å². The average molecular weight is 326 g/mol. The Balaban J connectivity index is 2.74. The van der Waals surface area contributed by atoms with Crippen LogP contribution < -0.4 is 0 Å². The van der Waals surface area contributed by atoms with Gasteiger partial charge in [0.25, 0.3) is 0 Å². The fraction of sp³-hybridized carbons (Fsp3) is 0.462. The lowest BCUT2D eigenvalue weighted by molar-refractivity contribution is 0.0528. The van der Waals surface area contributed by atoms with Crippen molar-refractivity contribution in [3.63, 3.8) is 0 Å². The van der Waals surface area contributed by atoms with Gasteiger partial charge in [0.2, 0.25) is 0 Å². The number of carbonyl (C=O) groups is 1. The molecular weight excluding hydrogens is 310 g/mol. The van der Waals surface area contributed by atoms with Crippen LogP contribution in [0.4, 0.5) is 0 Å². The Bertz CT molecular complexity index is 634. The van der Waals surface area contributed by atoms with Crippen molar-refractivity contribution in [1.82, 2.24) is 14.8 Å². The normalized spacial score (nSPS) is 11.3. The highest BCUT2D eigenvalue weighted by molar-refractivity contribution is 9.10. The lowest BCUT2D eigenvalue weighted by Crippen LogP contribution is -2.07. The smallest absolute Gasteiger partial charge is 0.339 e. The largest absolute Gasteiger partial charge is 0.462 e.